The Hall–Kier alpha value is -1.31. The Balaban J connectivity index is 1.80. The number of nitrogens with zero attached hydrogens (tertiary/aromatic N) is 1. The molecule has 0 bridgehead atoms. The van der Waals surface area contributed by atoms with E-state index >= 15 is 0 Å². The molecule has 0 amide bonds. The van der Waals surface area contributed by atoms with Crippen LogP contribution in [0.5, 0.6) is 11.5 Å². The van der Waals surface area contributed by atoms with Crippen LogP contribution in [-0.2, 0) is 16.6 Å². The fourth-order valence-electron chi connectivity index (χ4n) is 1.72. The van der Waals surface area contributed by atoms with Crippen LogP contribution in [-0.4, -0.2) is 40.2 Å². The van der Waals surface area contributed by atoms with Crippen molar-refractivity contribution in [2.75, 3.05) is 27.4 Å². The standard InChI is InChI=1S/C12H18N2O4S/c1-14(2)19(15,16)13-7-3-4-10-5-6-11-12(8-10)18-9-17-11/h5-6,8,13H,3-4,7,9H2,1-2H3. The third-order valence-electron chi connectivity index (χ3n) is 2.84. The van der Waals surface area contributed by atoms with Gasteiger partial charge in [0.25, 0.3) is 10.2 Å². The average molecular weight is 286 g/mol. The molecule has 0 aromatic heterocycles. The first-order valence-corrected chi connectivity index (χ1v) is 7.49. The Morgan fingerprint density at radius 2 is 2.00 bits per heavy atom. The van der Waals surface area contributed by atoms with E-state index in [1.165, 1.54) is 14.1 Å². The predicted octanol–water partition coefficient (Wildman–Crippen LogP) is 0.744. The van der Waals surface area contributed by atoms with Crippen molar-refractivity contribution in [3.05, 3.63) is 23.8 Å². The number of hydrogen-bond acceptors (Lipinski definition) is 4. The Kier molecular flexibility index (Phi) is 4.28. The lowest BCUT2D eigenvalue weighted by Gasteiger charge is -2.12. The number of rotatable bonds is 6. The second kappa shape index (κ2) is 5.77. The quantitative estimate of drug-likeness (QED) is 0.783. The van der Waals surface area contributed by atoms with E-state index < -0.39 is 10.2 Å². The molecule has 7 heteroatoms. The molecule has 6 nitrogen and oxygen atoms in total. The lowest BCUT2D eigenvalue weighted by Crippen LogP contribution is -2.36. The molecule has 106 valence electrons. The van der Waals surface area contributed by atoms with Gasteiger partial charge in [-0.25, -0.2) is 4.72 Å². The summed E-state index contributed by atoms with van der Waals surface area (Å²) in [5, 5.41) is 0. The maximum absolute atomic E-state index is 11.5. The normalized spacial score (nSPS) is 14.1. The number of aryl methyl sites for hydroxylation is 1. The lowest BCUT2D eigenvalue weighted by molar-refractivity contribution is 0.174. The molecule has 1 aliphatic heterocycles. The first-order chi connectivity index (χ1) is 8.99. The SMILES string of the molecule is CN(C)S(=O)(=O)NCCCc1ccc2c(c1)OCO2. The van der Waals surface area contributed by atoms with E-state index in [4.69, 9.17) is 9.47 Å². The number of benzene rings is 1. The second-order valence-corrected chi connectivity index (χ2v) is 6.44. The first-order valence-electron chi connectivity index (χ1n) is 6.05. The molecule has 0 atom stereocenters. The molecule has 1 aromatic carbocycles. The van der Waals surface area contributed by atoms with Crippen molar-refractivity contribution in [2.24, 2.45) is 0 Å². The fourth-order valence-corrected chi connectivity index (χ4v) is 2.38. The summed E-state index contributed by atoms with van der Waals surface area (Å²) in [7, 11) is -0.323. The zero-order chi connectivity index (χ0) is 13.9. The number of hydrogen-bond donors (Lipinski definition) is 1. The molecule has 0 spiro atoms. The highest BCUT2D eigenvalue weighted by molar-refractivity contribution is 7.87. The summed E-state index contributed by atoms with van der Waals surface area (Å²) in [5.74, 6) is 1.52. The Labute approximate surface area is 113 Å². The number of fused-ring (bicyclic) bond motifs is 1. The van der Waals surface area contributed by atoms with Crippen molar-refractivity contribution in [2.45, 2.75) is 12.8 Å². The largest absolute Gasteiger partial charge is 0.454 e. The van der Waals surface area contributed by atoms with Gasteiger partial charge in [0, 0.05) is 20.6 Å². The van der Waals surface area contributed by atoms with Gasteiger partial charge in [-0.3, -0.25) is 0 Å². The van der Waals surface area contributed by atoms with E-state index in [2.05, 4.69) is 4.72 Å². The van der Waals surface area contributed by atoms with E-state index in [1.807, 2.05) is 18.2 Å². The van der Waals surface area contributed by atoms with Gasteiger partial charge in [0.1, 0.15) is 0 Å². The third kappa shape index (κ3) is 3.59. The van der Waals surface area contributed by atoms with Gasteiger partial charge in [-0.05, 0) is 30.5 Å². The highest BCUT2D eigenvalue weighted by Crippen LogP contribution is 2.32. The number of ether oxygens (including phenoxy) is 2. The average Bonchev–Trinajstić information content (AvgIpc) is 2.81. The Morgan fingerprint density at radius 1 is 1.26 bits per heavy atom. The summed E-state index contributed by atoms with van der Waals surface area (Å²) in [6.45, 7) is 0.677. The molecule has 1 aromatic rings. The molecular formula is C12H18N2O4S. The molecule has 2 rings (SSSR count). The minimum atomic E-state index is -3.32. The predicted molar refractivity (Wildman–Crippen MR) is 71.5 cm³/mol. The molecule has 1 aliphatic rings. The summed E-state index contributed by atoms with van der Waals surface area (Å²) >= 11 is 0. The molecule has 19 heavy (non-hydrogen) atoms. The highest BCUT2D eigenvalue weighted by Gasteiger charge is 2.14. The molecule has 1 heterocycles. The second-order valence-electron chi connectivity index (χ2n) is 4.47. The summed E-state index contributed by atoms with van der Waals surface area (Å²) in [6.07, 6.45) is 1.51. The number of nitrogens with one attached hydrogen (secondary N) is 1. The Bertz CT molecular complexity index is 543. The van der Waals surface area contributed by atoms with Crippen LogP contribution in [0.3, 0.4) is 0 Å². The van der Waals surface area contributed by atoms with E-state index in [-0.39, 0.29) is 6.79 Å². The van der Waals surface area contributed by atoms with Crippen molar-refractivity contribution < 1.29 is 17.9 Å². The lowest BCUT2D eigenvalue weighted by atomic mass is 10.1. The van der Waals surface area contributed by atoms with Gasteiger partial charge in [0.2, 0.25) is 6.79 Å². The monoisotopic (exact) mass is 286 g/mol. The zero-order valence-corrected chi connectivity index (χ0v) is 11.9. The molecule has 1 N–H and O–H groups in total. The Morgan fingerprint density at radius 3 is 2.74 bits per heavy atom. The zero-order valence-electron chi connectivity index (χ0n) is 11.0. The minimum absolute atomic E-state index is 0.265. The third-order valence-corrected chi connectivity index (χ3v) is 4.37. The maximum Gasteiger partial charge on any atom is 0.278 e. The molecule has 0 fully saturated rings. The molecular weight excluding hydrogens is 268 g/mol. The van der Waals surface area contributed by atoms with Crippen LogP contribution in [0.1, 0.15) is 12.0 Å². The molecule has 0 saturated heterocycles. The van der Waals surface area contributed by atoms with E-state index in [1.54, 1.807) is 0 Å². The summed E-state index contributed by atoms with van der Waals surface area (Å²) in [5.41, 5.74) is 1.10. The van der Waals surface area contributed by atoms with Gasteiger partial charge in [-0.15, -0.1) is 0 Å². The molecule has 0 unspecified atom stereocenters. The van der Waals surface area contributed by atoms with Crippen LogP contribution in [0.2, 0.25) is 0 Å². The van der Waals surface area contributed by atoms with Gasteiger partial charge >= 0.3 is 0 Å². The molecule has 0 aliphatic carbocycles. The molecule has 0 radical (unpaired) electrons. The summed E-state index contributed by atoms with van der Waals surface area (Å²) < 4.78 is 37.2. The van der Waals surface area contributed by atoms with Crippen LogP contribution in [0.15, 0.2) is 18.2 Å². The smallest absolute Gasteiger partial charge is 0.278 e. The van der Waals surface area contributed by atoms with Crippen LogP contribution >= 0.6 is 0 Å². The van der Waals surface area contributed by atoms with Crippen LogP contribution < -0.4 is 14.2 Å². The van der Waals surface area contributed by atoms with Crippen molar-refractivity contribution in [1.29, 1.82) is 0 Å². The van der Waals surface area contributed by atoms with E-state index in [9.17, 15) is 8.42 Å². The van der Waals surface area contributed by atoms with E-state index in [0.29, 0.717) is 6.54 Å². The van der Waals surface area contributed by atoms with Gasteiger partial charge in [0.15, 0.2) is 11.5 Å². The van der Waals surface area contributed by atoms with Gasteiger partial charge in [-0.2, -0.15) is 12.7 Å². The van der Waals surface area contributed by atoms with Crippen molar-refractivity contribution in [1.82, 2.24) is 9.03 Å². The van der Waals surface area contributed by atoms with Crippen LogP contribution in [0.4, 0.5) is 0 Å². The van der Waals surface area contributed by atoms with Crippen LogP contribution in [0.25, 0.3) is 0 Å². The minimum Gasteiger partial charge on any atom is -0.454 e. The summed E-state index contributed by atoms with van der Waals surface area (Å²) in [4.78, 5) is 0. The van der Waals surface area contributed by atoms with E-state index in [0.717, 1.165) is 34.2 Å². The highest BCUT2D eigenvalue weighted by atomic mass is 32.2. The van der Waals surface area contributed by atoms with Gasteiger partial charge in [0.05, 0.1) is 0 Å². The fraction of sp³-hybridized carbons (Fsp3) is 0.500. The van der Waals surface area contributed by atoms with Crippen LogP contribution in [0, 0.1) is 0 Å². The molecule has 0 saturated carbocycles. The maximum atomic E-state index is 11.5. The van der Waals surface area contributed by atoms with Crippen molar-refractivity contribution in [3.8, 4) is 11.5 Å². The van der Waals surface area contributed by atoms with Gasteiger partial charge in [-0.1, -0.05) is 6.07 Å². The van der Waals surface area contributed by atoms with Crippen molar-refractivity contribution in [3.63, 3.8) is 0 Å². The summed E-state index contributed by atoms with van der Waals surface area (Å²) in [6, 6.07) is 5.78. The van der Waals surface area contributed by atoms with Gasteiger partial charge < -0.3 is 9.47 Å². The van der Waals surface area contributed by atoms with Crippen molar-refractivity contribution >= 4 is 10.2 Å². The first kappa shape index (κ1) is 14.1. The topological polar surface area (TPSA) is 67.9 Å².